The van der Waals surface area contributed by atoms with Crippen molar-refractivity contribution in [2.75, 3.05) is 19.8 Å². The van der Waals surface area contributed by atoms with E-state index in [1.54, 1.807) is 12.4 Å². The first-order valence-electron chi connectivity index (χ1n) is 11.0. The molecule has 0 bridgehead atoms. The van der Waals surface area contributed by atoms with Crippen molar-refractivity contribution >= 4 is 27.9 Å². The van der Waals surface area contributed by atoms with Crippen molar-refractivity contribution in [2.45, 2.75) is 51.1 Å². The van der Waals surface area contributed by atoms with Crippen LogP contribution in [0.2, 0.25) is 0 Å². The monoisotopic (exact) mass is 470 g/mol. The number of aromatic nitrogens is 1. The van der Waals surface area contributed by atoms with Gasteiger partial charge in [0, 0.05) is 53.7 Å². The fourth-order valence-corrected chi connectivity index (χ4v) is 4.74. The number of aliphatic imine (C=N–C) groups is 1. The Kier molecular flexibility index (Phi) is 7.33. The average molecular weight is 471 g/mol. The Morgan fingerprint density at radius 2 is 2.17 bits per heavy atom. The van der Waals surface area contributed by atoms with Crippen molar-refractivity contribution in [3.63, 3.8) is 0 Å². The molecule has 1 aromatic rings. The largest absolute Gasteiger partial charge is 0.366 e. The van der Waals surface area contributed by atoms with Gasteiger partial charge in [0.15, 0.2) is 0 Å². The fraction of sp³-hybridized carbons (Fsp3) is 0.522. The lowest BCUT2D eigenvalue weighted by Crippen LogP contribution is -2.44. The maximum Gasteiger partial charge on any atom is 0.133 e. The lowest BCUT2D eigenvalue weighted by molar-refractivity contribution is 0.147. The maximum absolute atomic E-state index is 4.91. The predicted octanol–water partition coefficient (Wildman–Crippen LogP) is 4.28. The van der Waals surface area contributed by atoms with Crippen LogP contribution in [0.15, 0.2) is 57.6 Å². The van der Waals surface area contributed by atoms with Crippen molar-refractivity contribution in [2.24, 2.45) is 16.0 Å². The third-order valence-electron chi connectivity index (χ3n) is 6.20. The van der Waals surface area contributed by atoms with Gasteiger partial charge in [-0.3, -0.25) is 14.9 Å². The Balaban J connectivity index is 1.47. The Morgan fingerprint density at radius 1 is 1.30 bits per heavy atom. The number of nitrogens with zero attached hydrogens (tertiary/aromatic N) is 5. The van der Waals surface area contributed by atoms with E-state index in [0.29, 0.717) is 19.1 Å². The number of hydrazone groups is 1. The fourth-order valence-electron chi connectivity index (χ4n) is 4.65. The summed E-state index contributed by atoms with van der Waals surface area (Å²) in [6.07, 6.45) is 15.6. The molecule has 0 spiro atoms. The summed E-state index contributed by atoms with van der Waals surface area (Å²) in [6, 6.07) is 4.83. The molecule has 2 fully saturated rings. The van der Waals surface area contributed by atoms with Gasteiger partial charge in [0.25, 0.3) is 0 Å². The zero-order chi connectivity index (χ0) is 20.8. The van der Waals surface area contributed by atoms with E-state index >= 15 is 0 Å². The van der Waals surface area contributed by atoms with Crippen LogP contribution in [0.5, 0.6) is 0 Å². The molecule has 3 heterocycles. The summed E-state index contributed by atoms with van der Waals surface area (Å²) < 4.78 is 0.739. The van der Waals surface area contributed by atoms with E-state index < -0.39 is 0 Å². The molecule has 6 nitrogen and oxygen atoms in total. The number of rotatable bonds is 7. The summed E-state index contributed by atoms with van der Waals surface area (Å²) in [7, 11) is 0. The number of allylic oxidation sites excluding steroid dienone is 2. The number of pyridine rings is 1. The first-order chi connectivity index (χ1) is 14.7. The highest BCUT2D eigenvalue weighted by molar-refractivity contribution is 9.12. The highest BCUT2D eigenvalue weighted by atomic mass is 79.9. The quantitative estimate of drug-likeness (QED) is 0.604. The van der Waals surface area contributed by atoms with Crippen molar-refractivity contribution in [3.8, 4) is 0 Å². The van der Waals surface area contributed by atoms with Crippen molar-refractivity contribution in [1.29, 1.82) is 0 Å². The second-order valence-corrected chi connectivity index (χ2v) is 9.35. The third-order valence-corrected chi connectivity index (χ3v) is 6.40. The molecule has 0 radical (unpaired) electrons. The van der Waals surface area contributed by atoms with E-state index in [-0.39, 0.29) is 0 Å². The second kappa shape index (κ2) is 10.4. The van der Waals surface area contributed by atoms with Crippen molar-refractivity contribution < 1.29 is 0 Å². The summed E-state index contributed by atoms with van der Waals surface area (Å²) in [6.45, 7) is 7.45. The minimum atomic E-state index is 0.506. The molecule has 3 aliphatic rings. The Hall–Kier alpha value is -1.99. The Morgan fingerprint density at radius 3 is 2.93 bits per heavy atom. The highest BCUT2D eigenvalue weighted by Crippen LogP contribution is 2.29. The molecule has 1 aliphatic carbocycles. The van der Waals surface area contributed by atoms with Gasteiger partial charge in [-0.1, -0.05) is 25.5 Å². The van der Waals surface area contributed by atoms with Crippen LogP contribution in [0.25, 0.3) is 0 Å². The van der Waals surface area contributed by atoms with Crippen LogP contribution in [-0.4, -0.2) is 52.6 Å². The molecule has 1 aromatic heterocycles. The Bertz CT molecular complexity index is 812. The summed E-state index contributed by atoms with van der Waals surface area (Å²) in [5.41, 5.74) is 2.34. The molecular weight excluding hydrogens is 440 g/mol. The third kappa shape index (κ3) is 5.58. The van der Waals surface area contributed by atoms with Gasteiger partial charge in [-0.25, -0.2) is 5.01 Å². The lowest BCUT2D eigenvalue weighted by atomic mass is 9.91. The standard InChI is InChI=1S/C23H31BrN6/c1-18(24)13-28-30-17-27-22(12-23(30)26-15-19-6-4-10-25-14-19)20-7-5-11-29(16-20)21-8-2-3-9-21/h4,6,10,12-14,20-21,26H,1-3,5,7-9,11,15-17H2/b28-13-. The van der Waals surface area contributed by atoms with Gasteiger partial charge >= 0.3 is 0 Å². The van der Waals surface area contributed by atoms with E-state index in [4.69, 9.17) is 4.99 Å². The topological polar surface area (TPSA) is 56.1 Å². The van der Waals surface area contributed by atoms with E-state index in [1.165, 1.54) is 50.8 Å². The SMILES string of the molecule is C=C(Br)/C=N\N1CN=C(C2CCCN(C3CCCC3)C2)C=C1NCc1cccnc1. The maximum atomic E-state index is 4.91. The number of nitrogens with one attached hydrogen (secondary N) is 1. The van der Waals surface area contributed by atoms with Crippen LogP contribution in [0.4, 0.5) is 0 Å². The van der Waals surface area contributed by atoms with Gasteiger partial charge < -0.3 is 5.32 Å². The number of likely N-dealkylation sites (tertiary alicyclic amines) is 1. The number of piperidine rings is 1. The molecule has 1 N–H and O–H groups in total. The van der Waals surface area contributed by atoms with Gasteiger partial charge in [0.05, 0.1) is 6.21 Å². The molecule has 1 unspecified atom stereocenters. The van der Waals surface area contributed by atoms with Crippen LogP contribution in [-0.2, 0) is 6.54 Å². The minimum Gasteiger partial charge on any atom is -0.366 e. The molecule has 1 atom stereocenters. The molecule has 1 saturated carbocycles. The minimum absolute atomic E-state index is 0.506. The molecule has 0 aromatic carbocycles. The molecule has 30 heavy (non-hydrogen) atoms. The zero-order valence-electron chi connectivity index (χ0n) is 17.5. The van der Waals surface area contributed by atoms with Gasteiger partial charge in [-0.05, 0) is 59.8 Å². The summed E-state index contributed by atoms with van der Waals surface area (Å²) in [4.78, 5) is 11.8. The van der Waals surface area contributed by atoms with E-state index in [1.807, 2.05) is 17.3 Å². The number of halogens is 1. The molecule has 160 valence electrons. The average Bonchev–Trinajstić information content (AvgIpc) is 3.32. The van der Waals surface area contributed by atoms with Crippen molar-refractivity contribution in [1.82, 2.24) is 20.2 Å². The molecule has 1 saturated heterocycles. The van der Waals surface area contributed by atoms with Crippen LogP contribution >= 0.6 is 15.9 Å². The molecule has 2 aliphatic heterocycles. The molecule has 4 rings (SSSR count). The van der Waals surface area contributed by atoms with Crippen molar-refractivity contribution in [3.05, 3.63) is 53.0 Å². The first-order valence-corrected chi connectivity index (χ1v) is 11.8. The van der Waals surface area contributed by atoms with Gasteiger partial charge in [0.2, 0.25) is 0 Å². The molecule has 0 amide bonds. The first kappa shape index (κ1) is 21.2. The highest BCUT2D eigenvalue weighted by Gasteiger charge is 2.30. The molecular formula is C23H31BrN6. The second-order valence-electron chi connectivity index (χ2n) is 8.33. The van der Waals surface area contributed by atoms with Crippen LogP contribution in [0.3, 0.4) is 0 Å². The summed E-state index contributed by atoms with van der Waals surface area (Å²) >= 11 is 3.35. The van der Waals surface area contributed by atoms with E-state index in [2.05, 4.69) is 55.0 Å². The van der Waals surface area contributed by atoms with Crippen LogP contribution in [0, 0.1) is 5.92 Å². The van der Waals surface area contributed by atoms with E-state index in [9.17, 15) is 0 Å². The predicted molar refractivity (Wildman–Crippen MR) is 126 cm³/mol. The van der Waals surface area contributed by atoms with E-state index in [0.717, 1.165) is 28.5 Å². The smallest absolute Gasteiger partial charge is 0.133 e. The normalized spacial score (nSPS) is 23.5. The Labute approximate surface area is 188 Å². The molecule has 7 heteroatoms. The van der Waals surface area contributed by atoms with Gasteiger partial charge in [-0.2, -0.15) is 5.10 Å². The van der Waals surface area contributed by atoms with Gasteiger partial charge in [-0.15, -0.1) is 0 Å². The number of hydrogen-bond donors (Lipinski definition) is 1. The number of hydrogen-bond acceptors (Lipinski definition) is 6. The van der Waals surface area contributed by atoms with Crippen LogP contribution < -0.4 is 5.32 Å². The summed E-state index contributed by atoms with van der Waals surface area (Å²) in [5, 5.41) is 9.97. The zero-order valence-corrected chi connectivity index (χ0v) is 19.1. The lowest BCUT2D eigenvalue weighted by Gasteiger charge is -2.38. The van der Waals surface area contributed by atoms with Crippen LogP contribution in [0.1, 0.15) is 44.1 Å². The van der Waals surface area contributed by atoms with Gasteiger partial charge in [0.1, 0.15) is 12.5 Å². The summed E-state index contributed by atoms with van der Waals surface area (Å²) in [5.74, 6) is 1.48.